The number of thiophene rings is 1. The van der Waals surface area contributed by atoms with Gasteiger partial charge in [-0.25, -0.2) is 13.1 Å². The van der Waals surface area contributed by atoms with E-state index in [4.69, 9.17) is 5.11 Å². The average Bonchev–Trinajstić information content (AvgIpc) is 2.70. The molecule has 1 aliphatic carbocycles. The first kappa shape index (κ1) is 15.9. The summed E-state index contributed by atoms with van der Waals surface area (Å²) in [5.74, 6) is -1.29. The normalized spacial score (nSPS) is 23.7. The standard InChI is InChI=1S/C12H16BrNO4S2/c1-7-5-10(19-11(7)13)20(17,18)14-9-4-2-3-8(6-9)12(15)16/h5,8-9,14H,2-4,6H2,1H3,(H,15,16). The highest BCUT2D eigenvalue weighted by Gasteiger charge is 2.30. The topological polar surface area (TPSA) is 83.5 Å². The van der Waals surface area contributed by atoms with E-state index in [1.54, 1.807) is 6.07 Å². The molecule has 2 N–H and O–H groups in total. The number of halogens is 1. The van der Waals surface area contributed by atoms with Crippen molar-refractivity contribution < 1.29 is 18.3 Å². The summed E-state index contributed by atoms with van der Waals surface area (Å²) in [5.41, 5.74) is 0.877. The molecule has 0 amide bonds. The molecule has 1 aliphatic rings. The molecule has 1 heterocycles. The van der Waals surface area contributed by atoms with Crippen LogP contribution in [0.3, 0.4) is 0 Å². The van der Waals surface area contributed by atoms with Gasteiger partial charge in [0, 0.05) is 6.04 Å². The van der Waals surface area contributed by atoms with Crippen LogP contribution in [0.1, 0.15) is 31.2 Å². The largest absolute Gasteiger partial charge is 0.481 e. The van der Waals surface area contributed by atoms with Crippen molar-refractivity contribution in [3.8, 4) is 0 Å². The number of aliphatic carboxylic acids is 1. The highest BCUT2D eigenvalue weighted by atomic mass is 79.9. The number of rotatable bonds is 4. The highest BCUT2D eigenvalue weighted by molar-refractivity contribution is 9.11. The van der Waals surface area contributed by atoms with Crippen LogP contribution in [0.15, 0.2) is 14.1 Å². The summed E-state index contributed by atoms with van der Waals surface area (Å²) in [7, 11) is -3.57. The van der Waals surface area contributed by atoms with Gasteiger partial charge in [0.2, 0.25) is 10.0 Å². The SMILES string of the molecule is Cc1cc(S(=O)(=O)NC2CCCC(C(=O)O)C2)sc1Br. The van der Waals surface area contributed by atoms with Crippen LogP contribution in [-0.2, 0) is 14.8 Å². The monoisotopic (exact) mass is 381 g/mol. The summed E-state index contributed by atoms with van der Waals surface area (Å²) < 4.78 is 28.2. The van der Waals surface area contributed by atoms with Gasteiger partial charge >= 0.3 is 5.97 Å². The Morgan fingerprint density at radius 2 is 2.20 bits per heavy atom. The Bertz CT molecular complexity index is 591. The van der Waals surface area contributed by atoms with Gasteiger partial charge in [0.1, 0.15) is 4.21 Å². The van der Waals surface area contributed by atoms with Gasteiger partial charge in [-0.3, -0.25) is 4.79 Å². The molecule has 20 heavy (non-hydrogen) atoms. The van der Waals surface area contributed by atoms with Crippen molar-refractivity contribution in [1.29, 1.82) is 0 Å². The second-order valence-corrected chi connectivity index (χ2v) is 9.35. The number of nitrogens with one attached hydrogen (secondary N) is 1. The lowest BCUT2D eigenvalue weighted by Gasteiger charge is -2.26. The maximum absolute atomic E-state index is 12.3. The van der Waals surface area contributed by atoms with Crippen LogP contribution >= 0.6 is 27.3 Å². The van der Waals surface area contributed by atoms with E-state index in [2.05, 4.69) is 20.7 Å². The van der Waals surface area contributed by atoms with Gasteiger partial charge < -0.3 is 5.11 Å². The quantitative estimate of drug-likeness (QED) is 0.839. The Morgan fingerprint density at radius 3 is 2.75 bits per heavy atom. The molecule has 8 heteroatoms. The Hall–Kier alpha value is -0.440. The van der Waals surface area contributed by atoms with Crippen molar-refractivity contribution in [2.45, 2.75) is 42.9 Å². The summed E-state index contributed by atoms with van der Waals surface area (Å²) in [5, 5.41) is 9.03. The van der Waals surface area contributed by atoms with Gasteiger partial charge in [0.25, 0.3) is 0 Å². The van der Waals surface area contributed by atoms with E-state index in [0.29, 0.717) is 19.3 Å². The number of carboxylic acids is 1. The first-order chi connectivity index (χ1) is 9.29. The molecule has 1 fully saturated rings. The second kappa shape index (κ2) is 6.13. The van der Waals surface area contributed by atoms with Gasteiger partial charge in [-0.2, -0.15) is 0 Å². The molecule has 0 bridgehead atoms. The lowest BCUT2D eigenvalue weighted by Crippen LogP contribution is -2.39. The number of aryl methyl sites for hydroxylation is 1. The third kappa shape index (κ3) is 3.60. The van der Waals surface area contributed by atoms with Gasteiger partial charge in [0.15, 0.2) is 0 Å². The lowest BCUT2D eigenvalue weighted by molar-refractivity contribution is -0.143. The van der Waals surface area contributed by atoms with Crippen molar-refractivity contribution >= 4 is 43.3 Å². The van der Waals surface area contributed by atoms with Crippen molar-refractivity contribution in [2.75, 3.05) is 0 Å². The van der Waals surface area contributed by atoms with Crippen LogP contribution in [0.25, 0.3) is 0 Å². The molecule has 2 atom stereocenters. The number of carbonyl (C=O) groups is 1. The van der Waals surface area contributed by atoms with Gasteiger partial charge in [-0.15, -0.1) is 11.3 Å². The fraction of sp³-hybridized carbons (Fsp3) is 0.583. The lowest BCUT2D eigenvalue weighted by atomic mass is 9.86. The van der Waals surface area contributed by atoms with Gasteiger partial charge in [-0.1, -0.05) is 6.42 Å². The van der Waals surface area contributed by atoms with Crippen LogP contribution in [-0.4, -0.2) is 25.5 Å². The molecule has 112 valence electrons. The fourth-order valence-electron chi connectivity index (χ4n) is 2.36. The first-order valence-electron chi connectivity index (χ1n) is 6.30. The zero-order valence-corrected chi connectivity index (χ0v) is 14.1. The van der Waals surface area contributed by atoms with E-state index in [1.807, 2.05) is 6.92 Å². The fourth-order valence-corrected chi connectivity index (χ4v) is 5.89. The molecule has 1 aromatic rings. The van der Waals surface area contributed by atoms with E-state index in [0.717, 1.165) is 15.8 Å². The van der Waals surface area contributed by atoms with Crippen molar-refractivity contribution in [3.05, 3.63) is 15.4 Å². The Labute approximate surface area is 130 Å². The maximum Gasteiger partial charge on any atom is 0.306 e. The van der Waals surface area contributed by atoms with Crippen molar-refractivity contribution in [3.63, 3.8) is 0 Å². The summed E-state index contributed by atoms with van der Waals surface area (Å²) in [4.78, 5) is 11.0. The molecular weight excluding hydrogens is 366 g/mol. The first-order valence-corrected chi connectivity index (χ1v) is 9.40. The van der Waals surface area contributed by atoms with Crippen molar-refractivity contribution in [2.24, 2.45) is 5.92 Å². The predicted octanol–water partition coefficient (Wildman–Crippen LogP) is 2.74. The van der Waals surface area contributed by atoms with Crippen LogP contribution in [0.4, 0.5) is 0 Å². The van der Waals surface area contributed by atoms with E-state index in [9.17, 15) is 13.2 Å². The molecule has 0 saturated heterocycles. The molecular formula is C12H16BrNO4S2. The maximum atomic E-state index is 12.3. The van der Waals surface area contributed by atoms with Gasteiger partial charge in [0.05, 0.1) is 9.70 Å². The molecule has 1 aromatic heterocycles. The molecule has 2 unspecified atom stereocenters. The summed E-state index contributed by atoms with van der Waals surface area (Å²) in [6.07, 6.45) is 2.41. The third-order valence-corrected chi connectivity index (χ3v) is 7.58. The highest BCUT2D eigenvalue weighted by Crippen LogP contribution is 2.31. The van der Waals surface area contributed by atoms with Crippen molar-refractivity contribution in [1.82, 2.24) is 4.72 Å². The molecule has 0 spiro atoms. The number of hydrogen-bond acceptors (Lipinski definition) is 4. The smallest absolute Gasteiger partial charge is 0.306 e. The van der Waals surface area contributed by atoms with Gasteiger partial charge in [-0.05, 0) is 53.7 Å². The van der Waals surface area contributed by atoms with E-state index in [-0.39, 0.29) is 10.3 Å². The van der Waals surface area contributed by atoms with E-state index in [1.165, 1.54) is 11.3 Å². The molecule has 1 saturated carbocycles. The molecule has 5 nitrogen and oxygen atoms in total. The van der Waals surface area contributed by atoms with Crippen LogP contribution in [0.2, 0.25) is 0 Å². The number of carboxylic acid groups (broad SMARTS) is 1. The summed E-state index contributed by atoms with van der Waals surface area (Å²) >= 11 is 4.48. The minimum Gasteiger partial charge on any atom is -0.481 e. The molecule has 0 aliphatic heterocycles. The predicted molar refractivity (Wildman–Crippen MR) is 80.5 cm³/mol. The molecule has 0 aromatic carbocycles. The zero-order valence-electron chi connectivity index (χ0n) is 10.9. The van der Waals surface area contributed by atoms with Crippen LogP contribution in [0, 0.1) is 12.8 Å². The zero-order chi connectivity index (χ0) is 14.9. The Kier molecular flexibility index (Phi) is 4.88. The van der Waals surface area contributed by atoms with E-state index < -0.39 is 21.9 Å². The minimum absolute atomic E-state index is 0.263. The minimum atomic E-state index is -3.57. The Balaban J connectivity index is 2.10. The number of sulfonamides is 1. The number of hydrogen-bond donors (Lipinski definition) is 2. The van der Waals surface area contributed by atoms with Crippen LogP contribution in [0.5, 0.6) is 0 Å². The Morgan fingerprint density at radius 1 is 1.50 bits per heavy atom. The van der Waals surface area contributed by atoms with E-state index >= 15 is 0 Å². The van der Waals surface area contributed by atoms with Crippen LogP contribution < -0.4 is 4.72 Å². The molecule has 0 radical (unpaired) electrons. The summed E-state index contributed by atoms with van der Waals surface area (Å²) in [6, 6.07) is 1.32. The third-order valence-electron chi connectivity index (χ3n) is 3.44. The molecule has 2 rings (SSSR count). The second-order valence-electron chi connectivity index (χ2n) is 5.04. The average molecular weight is 382 g/mol. The summed E-state index contributed by atoms with van der Waals surface area (Å²) in [6.45, 7) is 1.83.